The van der Waals surface area contributed by atoms with E-state index in [1.165, 1.54) is 62.9 Å². The van der Waals surface area contributed by atoms with E-state index in [1.54, 1.807) is 11.1 Å². The highest BCUT2D eigenvalue weighted by molar-refractivity contribution is 5.43. The quantitative estimate of drug-likeness (QED) is 0.904. The van der Waals surface area contributed by atoms with Gasteiger partial charge in [0.15, 0.2) is 0 Å². The average Bonchev–Trinajstić information content (AvgIpc) is 2.96. The Labute approximate surface area is 123 Å². The topological polar surface area (TPSA) is 15.3 Å². The van der Waals surface area contributed by atoms with Gasteiger partial charge >= 0.3 is 0 Å². The maximum Gasteiger partial charge on any atom is 0.0326 e. The molecule has 1 heterocycles. The first kappa shape index (κ1) is 14.1. The minimum Gasteiger partial charge on any atom is -0.309 e. The lowest BCUT2D eigenvalue weighted by atomic mass is 9.82. The predicted octanol–water partition coefficient (Wildman–Crippen LogP) is 3.37. The van der Waals surface area contributed by atoms with Gasteiger partial charge in [-0.2, -0.15) is 0 Å². The van der Waals surface area contributed by atoms with Crippen molar-refractivity contribution in [2.45, 2.75) is 52.0 Å². The van der Waals surface area contributed by atoms with Gasteiger partial charge in [0, 0.05) is 19.1 Å². The molecule has 0 aromatic heterocycles. The Balaban J connectivity index is 1.65. The summed E-state index contributed by atoms with van der Waals surface area (Å²) in [6.45, 7) is 9.51. The summed E-state index contributed by atoms with van der Waals surface area (Å²) in [5, 5.41) is 3.83. The SMILES string of the molecule is Cc1ccc(C)c2c1CCCC2NCCN1CCCC1. The molecule has 3 rings (SSSR count). The van der Waals surface area contributed by atoms with E-state index in [9.17, 15) is 0 Å². The fourth-order valence-electron chi connectivity index (χ4n) is 3.94. The molecule has 1 atom stereocenters. The number of likely N-dealkylation sites (tertiary alicyclic amines) is 1. The number of aryl methyl sites for hydroxylation is 2. The second-order valence-electron chi connectivity index (χ2n) is 6.54. The highest BCUT2D eigenvalue weighted by Gasteiger charge is 2.23. The summed E-state index contributed by atoms with van der Waals surface area (Å²) in [7, 11) is 0. The minimum atomic E-state index is 0.584. The van der Waals surface area contributed by atoms with Crippen LogP contribution in [0.15, 0.2) is 12.1 Å². The Morgan fingerprint density at radius 1 is 1.10 bits per heavy atom. The molecule has 20 heavy (non-hydrogen) atoms. The monoisotopic (exact) mass is 272 g/mol. The van der Waals surface area contributed by atoms with Gasteiger partial charge < -0.3 is 10.2 Å². The molecule has 1 aromatic carbocycles. The zero-order chi connectivity index (χ0) is 13.9. The van der Waals surface area contributed by atoms with Gasteiger partial charge in [0.05, 0.1) is 0 Å². The zero-order valence-corrected chi connectivity index (χ0v) is 13.0. The molecule has 0 bridgehead atoms. The highest BCUT2D eigenvalue weighted by atomic mass is 15.2. The van der Waals surface area contributed by atoms with Crippen LogP contribution in [0.5, 0.6) is 0 Å². The van der Waals surface area contributed by atoms with E-state index in [1.807, 2.05) is 0 Å². The van der Waals surface area contributed by atoms with Crippen LogP contribution in [0, 0.1) is 13.8 Å². The van der Waals surface area contributed by atoms with Gasteiger partial charge in [-0.3, -0.25) is 0 Å². The Kier molecular flexibility index (Phi) is 4.42. The molecule has 1 fully saturated rings. The maximum absolute atomic E-state index is 3.83. The first-order valence-corrected chi connectivity index (χ1v) is 8.30. The molecule has 2 aliphatic rings. The van der Waals surface area contributed by atoms with Gasteiger partial charge in [-0.1, -0.05) is 12.1 Å². The molecule has 1 unspecified atom stereocenters. The Morgan fingerprint density at radius 3 is 2.65 bits per heavy atom. The molecule has 1 aromatic rings. The maximum atomic E-state index is 3.83. The molecule has 2 nitrogen and oxygen atoms in total. The van der Waals surface area contributed by atoms with Crippen molar-refractivity contribution in [3.8, 4) is 0 Å². The summed E-state index contributed by atoms with van der Waals surface area (Å²) >= 11 is 0. The molecule has 1 saturated heterocycles. The normalized spacial score (nSPS) is 23.0. The van der Waals surface area contributed by atoms with Gasteiger partial charge in [0.25, 0.3) is 0 Å². The van der Waals surface area contributed by atoms with Crippen LogP contribution in [-0.2, 0) is 6.42 Å². The zero-order valence-electron chi connectivity index (χ0n) is 13.0. The summed E-state index contributed by atoms with van der Waals surface area (Å²) in [5.41, 5.74) is 6.19. The molecule has 0 saturated carbocycles. The number of rotatable bonds is 4. The van der Waals surface area contributed by atoms with Crippen molar-refractivity contribution in [2.24, 2.45) is 0 Å². The highest BCUT2D eigenvalue weighted by Crippen LogP contribution is 2.34. The van der Waals surface area contributed by atoms with Crippen LogP contribution < -0.4 is 5.32 Å². The van der Waals surface area contributed by atoms with Gasteiger partial charge in [-0.25, -0.2) is 0 Å². The van der Waals surface area contributed by atoms with Crippen molar-refractivity contribution in [3.63, 3.8) is 0 Å². The molecule has 1 aliphatic carbocycles. The lowest BCUT2D eigenvalue weighted by molar-refractivity contribution is 0.322. The van der Waals surface area contributed by atoms with Crippen molar-refractivity contribution in [2.75, 3.05) is 26.2 Å². The fraction of sp³-hybridized carbons (Fsp3) is 0.667. The van der Waals surface area contributed by atoms with E-state index in [-0.39, 0.29) is 0 Å². The third-order valence-corrected chi connectivity index (χ3v) is 5.09. The lowest BCUT2D eigenvalue weighted by Crippen LogP contribution is -2.34. The summed E-state index contributed by atoms with van der Waals surface area (Å²) in [5.74, 6) is 0. The largest absolute Gasteiger partial charge is 0.309 e. The number of benzene rings is 1. The van der Waals surface area contributed by atoms with Gasteiger partial charge in [-0.05, 0) is 81.3 Å². The van der Waals surface area contributed by atoms with E-state index >= 15 is 0 Å². The molecular formula is C18H28N2. The first-order valence-electron chi connectivity index (χ1n) is 8.30. The van der Waals surface area contributed by atoms with E-state index in [0.29, 0.717) is 6.04 Å². The number of hydrogen-bond acceptors (Lipinski definition) is 2. The second kappa shape index (κ2) is 6.28. The number of nitrogens with one attached hydrogen (secondary N) is 1. The van der Waals surface area contributed by atoms with Crippen LogP contribution in [0.2, 0.25) is 0 Å². The Hall–Kier alpha value is -0.860. The van der Waals surface area contributed by atoms with Gasteiger partial charge in [0.1, 0.15) is 0 Å². The molecule has 2 heteroatoms. The van der Waals surface area contributed by atoms with Gasteiger partial charge in [-0.15, -0.1) is 0 Å². The van der Waals surface area contributed by atoms with Crippen molar-refractivity contribution in [1.29, 1.82) is 0 Å². The van der Waals surface area contributed by atoms with E-state index in [2.05, 4.69) is 36.2 Å². The van der Waals surface area contributed by atoms with Crippen LogP contribution in [0.1, 0.15) is 54.0 Å². The predicted molar refractivity (Wildman–Crippen MR) is 85.3 cm³/mol. The van der Waals surface area contributed by atoms with Crippen LogP contribution in [0.25, 0.3) is 0 Å². The summed E-state index contributed by atoms with van der Waals surface area (Å²) in [4.78, 5) is 2.60. The van der Waals surface area contributed by atoms with E-state index in [4.69, 9.17) is 0 Å². The molecular weight excluding hydrogens is 244 g/mol. The third kappa shape index (κ3) is 2.91. The first-order chi connectivity index (χ1) is 9.75. The van der Waals surface area contributed by atoms with Crippen molar-refractivity contribution in [1.82, 2.24) is 10.2 Å². The average molecular weight is 272 g/mol. The summed E-state index contributed by atoms with van der Waals surface area (Å²) in [6, 6.07) is 5.18. The molecule has 0 amide bonds. The second-order valence-corrected chi connectivity index (χ2v) is 6.54. The van der Waals surface area contributed by atoms with E-state index < -0.39 is 0 Å². The number of hydrogen-bond donors (Lipinski definition) is 1. The molecule has 0 spiro atoms. The van der Waals surface area contributed by atoms with Gasteiger partial charge in [0.2, 0.25) is 0 Å². The number of nitrogens with zero attached hydrogens (tertiary/aromatic N) is 1. The van der Waals surface area contributed by atoms with E-state index in [0.717, 1.165) is 6.54 Å². The molecule has 0 radical (unpaired) electrons. The standard InChI is InChI=1S/C18H28N2/c1-14-8-9-15(2)18-16(14)6-5-7-17(18)19-10-13-20-11-3-4-12-20/h8-9,17,19H,3-7,10-13H2,1-2H3. The summed E-state index contributed by atoms with van der Waals surface area (Å²) < 4.78 is 0. The van der Waals surface area contributed by atoms with Crippen molar-refractivity contribution in [3.05, 3.63) is 34.4 Å². The molecule has 1 aliphatic heterocycles. The fourth-order valence-corrected chi connectivity index (χ4v) is 3.94. The minimum absolute atomic E-state index is 0.584. The Bertz CT molecular complexity index is 461. The van der Waals surface area contributed by atoms with Crippen LogP contribution >= 0.6 is 0 Å². The van der Waals surface area contributed by atoms with Crippen LogP contribution in [-0.4, -0.2) is 31.1 Å². The smallest absolute Gasteiger partial charge is 0.0326 e. The Morgan fingerprint density at radius 2 is 1.85 bits per heavy atom. The van der Waals surface area contributed by atoms with Crippen molar-refractivity contribution >= 4 is 0 Å². The molecule has 110 valence electrons. The van der Waals surface area contributed by atoms with Crippen LogP contribution in [0.3, 0.4) is 0 Å². The van der Waals surface area contributed by atoms with Crippen molar-refractivity contribution < 1.29 is 0 Å². The van der Waals surface area contributed by atoms with Crippen LogP contribution in [0.4, 0.5) is 0 Å². The molecule has 1 N–H and O–H groups in total. The third-order valence-electron chi connectivity index (χ3n) is 5.09. The number of fused-ring (bicyclic) bond motifs is 1. The lowest BCUT2D eigenvalue weighted by Gasteiger charge is -2.30. The summed E-state index contributed by atoms with van der Waals surface area (Å²) in [6.07, 6.45) is 6.69.